The lowest BCUT2D eigenvalue weighted by molar-refractivity contribution is 0.352. The molecule has 0 spiro atoms. The first-order chi connectivity index (χ1) is 12.1. The van der Waals surface area contributed by atoms with Gasteiger partial charge in [0.1, 0.15) is 5.75 Å². The zero-order chi connectivity index (χ0) is 19.2. The molecule has 1 aliphatic carbocycles. The molecule has 1 saturated carbocycles. The third kappa shape index (κ3) is 4.06. The number of hydrogen-bond donors (Lipinski definition) is 1. The molecule has 1 aromatic rings. The van der Waals surface area contributed by atoms with Crippen molar-refractivity contribution in [2.45, 2.75) is 43.4 Å². The summed E-state index contributed by atoms with van der Waals surface area (Å²) in [6, 6.07) is 8.36. The van der Waals surface area contributed by atoms with E-state index in [0.29, 0.717) is 13.1 Å². The van der Waals surface area contributed by atoms with Crippen molar-refractivity contribution in [2.75, 3.05) is 33.0 Å². The topological polar surface area (TPSA) is 71.0 Å². The zero-order valence-electron chi connectivity index (χ0n) is 16.7. The van der Waals surface area contributed by atoms with Gasteiger partial charge in [-0.15, -0.1) is 24.0 Å². The lowest BCUT2D eigenvalue weighted by Crippen LogP contribution is -2.57. The monoisotopic (exact) mass is 507 g/mol. The number of nitrogens with one attached hydrogen (secondary N) is 1. The summed E-state index contributed by atoms with van der Waals surface area (Å²) in [4.78, 5) is 6.47. The van der Waals surface area contributed by atoms with Crippen LogP contribution < -0.4 is 10.1 Å². The molecular formula is C19H30IN3O3S. The second-order valence-corrected chi connectivity index (χ2v) is 10.8. The van der Waals surface area contributed by atoms with E-state index < -0.39 is 14.6 Å². The molecule has 1 aromatic carbocycles. The maximum absolute atomic E-state index is 12.3. The summed E-state index contributed by atoms with van der Waals surface area (Å²) in [7, 11) is 0.384. The molecule has 8 heteroatoms. The normalized spacial score (nSPS) is 28.9. The number of rotatable bonds is 3. The van der Waals surface area contributed by atoms with Crippen LogP contribution in [0.1, 0.15) is 32.8 Å². The van der Waals surface area contributed by atoms with Gasteiger partial charge in [0, 0.05) is 37.2 Å². The fourth-order valence-corrected chi connectivity index (χ4v) is 5.13. The van der Waals surface area contributed by atoms with E-state index in [2.05, 4.69) is 28.2 Å². The van der Waals surface area contributed by atoms with E-state index in [0.717, 1.165) is 18.1 Å². The predicted octanol–water partition coefficient (Wildman–Crippen LogP) is 2.43. The van der Waals surface area contributed by atoms with E-state index in [4.69, 9.17) is 4.74 Å². The molecule has 3 rings (SSSR count). The molecule has 1 N–H and O–H groups in total. The summed E-state index contributed by atoms with van der Waals surface area (Å²) >= 11 is 0. The highest BCUT2D eigenvalue weighted by Gasteiger charge is 2.54. The van der Waals surface area contributed by atoms with E-state index in [9.17, 15) is 8.42 Å². The van der Waals surface area contributed by atoms with Gasteiger partial charge in [0.2, 0.25) is 0 Å². The quantitative estimate of drug-likeness (QED) is 0.387. The van der Waals surface area contributed by atoms with Gasteiger partial charge < -0.3 is 15.0 Å². The fraction of sp³-hybridized carbons (Fsp3) is 0.632. The molecule has 27 heavy (non-hydrogen) atoms. The largest absolute Gasteiger partial charge is 0.496 e. The maximum Gasteiger partial charge on any atom is 0.193 e. The standard InChI is InChI=1S/C19H29N3O3S.HI/c1-18(2)13-22(10-11-26(18,23)24)17(20-4)21-16-12-19(16,3)14-8-6-7-9-15(14)25-5;/h6-9,16H,10-13H2,1-5H3,(H,20,21);1H. The molecule has 2 unspecified atom stereocenters. The van der Waals surface area contributed by atoms with Crippen molar-refractivity contribution in [3.8, 4) is 5.75 Å². The average molecular weight is 507 g/mol. The molecule has 2 atom stereocenters. The highest BCUT2D eigenvalue weighted by atomic mass is 127. The molecule has 1 aliphatic heterocycles. The second-order valence-electron chi connectivity index (χ2n) is 8.07. The maximum atomic E-state index is 12.3. The van der Waals surface area contributed by atoms with Gasteiger partial charge in [-0.1, -0.05) is 25.1 Å². The number of methoxy groups -OCH3 is 1. The van der Waals surface area contributed by atoms with Crippen molar-refractivity contribution in [1.29, 1.82) is 0 Å². The van der Waals surface area contributed by atoms with Crippen LogP contribution in [-0.4, -0.2) is 63.1 Å². The second kappa shape index (κ2) is 7.77. The van der Waals surface area contributed by atoms with Gasteiger partial charge in [-0.05, 0) is 26.3 Å². The predicted molar refractivity (Wildman–Crippen MR) is 120 cm³/mol. The Labute approximate surface area is 179 Å². The van der Waals surface area contributed by atoms with Crippen LogP contribution in [-0.2, 0) is 15.3 Å². The van der Waals surface area contributed by atoms with Gasteiger partial charge >= 0.3 is 0 Å². The van der Waals surface area contributed by atoms with E-state index in [1.54, 1.807) is 28.0 Å². The van der Waals surface area contributed by atoms with Crippen molar-refractivity contribution < 1.29 is 13.2 Å². The lowest BCUT2D eigenvalue weighted by atomic mass is 9.96. The Morgan fingerprint density at radius 2 is 1.96 bits per heavy atom. The summed E-state index contributed by atoms with van der Waals surface area (Å²) in [5, 5.41) is 3.54. The minimum absolute atomic E-state index is 0. The Kier molecular flexibility index (Phi) is 6.41. The van der Waals surface area contributed by atoms with Crippen LogP contribution in [0.4, 0.5) is 0 Å². The average Bonchev–Trinajstić information content (AvgIpc) is 3.26. The first-order valence-electron chi connectivity index (χ1n) is 8.99. The summed E-state index contributed by atoms with van der Waals surface area (Å²) in [6.45, 7) is 6.73. The number of hydrogen-bond acceptors (Lipinski definition) is 4. The Hall–Kier alpha value is -1.03. The number of guanidine groups is 1. The van der Waals surface area contributed by atoms with Crippen molar-refractivity contribution in [1.82, 2.24) is 10.2 Å². The molecule has 2 fully saturated rings. The number of aliphatic imine (C=N–C) groups is 1. The molecule has 0 aromatic heterocycles. The molecule has 0 bridgehead atoms. The summed E-state index contributed by atoms with van der Waals surface area (Å²) < 4.78 is 29.3. The zero-order valence-corrected chi connectivity index (χ0v) is 19.8. The summed E-state index contributed by atoms with van der Waals surface area (Å²) in [6.07, 6.45) is 0.988. The minimum atomic E-state index is -3.06. The highest BCUT2D eigenvalue weighted by molar-refractivity contribution is 14.0. The van der Waals surface area contributed by atoms with Crippen molar-refractivity contribution in [3.05, 3.63) is 29.8 Å². The van der Waals surface area contributed by atoms with Gasteiger partial charge in [0.15, 0.2) is 15.8 Å². The SMILES string of the molecule is CN=C(NC1CC1(C)c1ccccc1OC)N1CCS(=O)(=O)C(C)(C)C1.I. The Bertz CT molecular complexity index is 825. The van der Waals surface area contributed by atoms with Crippen LogP contribution in [0.15, 0.2) is 29.3 Å². The Morgan fingerprint density at radius 3 is 2.56 bits per heavy atom. The third-order valence-corrected chi connectivity index (χ3v) is 8.35. The molecule has 1 saturated heterocycles. The Balaban J connectivity index is 0.00000261. The third-order valence-electron chi connectivity index (χ3n) is 5.82. The molecule has 0 amide bonds. The number of benzene rings is 1. The van der Waals surface area contributed by atoms with Crippen LogP contribution in [0.2, 0.25) is 0 Å². The number of ether oxygens (including phenoxy) is 1. The van der Waals surface area contributed by atoms with Crippen molar-refractivity contribution in [2.24, 2.45) is 4.99 Å². The summed E-state index contributed by atoms with van der Waals surface area (Å²) in [5.74, 6) is 1.84. The van der Waals surface area contributed by atoms with Crippen LogP contribution in [0, 0.1) is 0 Å². The van der Waals surface area contributed by atoms with Gasteiger partial charge in [0.05, 0.1) is 17.6 Å². The van der Waals surface area contributed by atoms with Crippen LogP contribution in [0.5, 0.6) is 5.75 Å². The van der Waals surface area contributed by atoms with E-state index >= 15 is 0 Å². The number of para-hydroxylation sites is 1. The number of nitrogens with zero attached hydrogens (tertiary/aromatic N) is 2. The number of halogens is 1. The summed E-state index contributed by atoms with van der Waals surface area (Å²) in [5.41, 5.74) is 1.18. The van der Waals surface area contributed by atoms with Crippen molar-refractivity contribution >= 4 is 39.8 Å². The smallest absolute Gasteiger partial charge is 0.193 e. The first kappa shape index (κ1) is 22.3. The molecule has 1 heterocycles. The molecule has 2 aliphatic rings. The van der Waals surface area contributed by atoms with E-state index in [1.807, 2.05) is 18.2 Å². The van der Waals surface area contributed by atoms with E-state index in [1.165, 1.54) is 5.56 Å². The van der Waals surface area contributed by atoms with Gasteiger partial charge in [-0.2, -0.15) is 0 Å². The van der Waals surface area contributed by atoms with Crippen LogP contribution in [0.25, 0.3) is 0 Å². The van der Waals surface area contributed by atoms with Gasteiger partial charge in [-0.25, -0.2) is 8.42 Å². The van der Waals surface area contributed by atoms with Gasteiger partial charge in [0.25, 0.3) is 0 Å². The highest BCUT2D eigenvalue weighted by Crippen LogP contribution is 2.51. The molecule has 152 valence electrons. The van der Waals surface area contributed by atoms with E-state index in [-0.39, 0.29) is 41.2 Å². The fourth-order valence-electron chi connectivity index (χ4n) is 3.77. The minimum Gasteiger partial charge on any atom is -0.496 e. The lowest BCUT2D eigenvalue weighted by Gasteiger charge is -2.39. The first-order valence-corrected chi connectivity index (χ1v) is 10.6. The van der Waals surface area contributed by atoms with Crippen LogP contribution >= 0.6 is 24.0 Å². The van der Waals surface area contributed by atoms with Crippen molar-refractivity contribution in [3.63, 3.8) is 0 Å². The molecular weight excluding hydrogens is 477 g/mol. The Morgan fingerprint density at radius 1 is 1.30 bits per heavy atom. The van der Waals surface area contributed by atoms with Crippen LogP contribution in [0.3, 0.4) is 0 Å². The molecule has 6 nitrogen and oxygen atoms in total. The van der Waals surface area contributed by atoms with Gasteiger partial charge in [-0.3, -0.25) is 4.99 Å². The molecule has 0 radical (unpaired) electrons. The number of sulfone groups is 1.